The Morgan fingerprint density at radius 2 is 2.33 bits per heavy atom. The van der Waals surface area contributed by atoms with Crippen molar-refractivity contribution in [3.8, 4) is 0 Å². The van der Waals surface area contributed by atoms with E-state index < -0.39 is 0 Å². The van der Waals surface area contributed by atoms with Gasteiger partial charge in [-0.25, -0.2) is 0 Å². The van der Waals surface area contributed by atoms with Crippen molar-refractivity contribution in [2.45, 2.75) is 26.3 Å². The highest BCUT2D eigenvalue weighted by molar-refractivity contribution is 7.80. The smallest absolute Gasteiger partial charge is 0.261 e. The van der Waals surface area contributed by atoms with Crippen molar-refractivity contribution in [2.75, 3.05) is 0 Å². The maximum Gasteiger partial charge on any atom is 0.261 e. The van der Waals surface area contributed by atoms with E-state index in [1.165, 1.54) is 16.2 Å². The van der Waals surface area contributed by atoms with E-state index in [0.29, 0.717) is 9.87 Å². The van der Waals surface area contributed by atoms with E-state index in [2.05, 4.69) is 12.2 Å². The molecule has 0 aliphatic carbocycles. The van der Waals surface area contributed by atoms with E-state index in [9.17, 15) is 4.79 Å². The Labute approximate surface area is 98.7 Å². The number of rotatable bonds is 4. The number of thiocarbonyl (C=S) groups is 1. The third kappa shape index (κ3) is 3.28. The maximum absolute atomic E-state index is 11.7. The van der Waals surface area contributed by atoms with Crippen molar-refractivity contribution in [1.82, 2.24) is 5.32 Å². The van der Waals surface area contributed by atoms with Gasteiger partial charge in [0, 0.05) is 4.88 Å². The van der Waals surface area contributed by atoms with Gasteiger partial charge < -0.3 is 11.1 Å². The van der Waals surface area contributed by atoms with Gasteiger partial charge in [-0.05, 0) is 25.5 Å². The fraction of sp³-hybridized carbons (Fsp3) is 0.400. The average Bonchev–Trinajstić information content (AvgIpc) is 2.65. The molecule has 0 aliphatic rings. The number of nitrogens with one attached hydrogen (secondary N) is 1. The molecule has 1 unspecified atom stereocenters. The Balaban J connectivity index is 2.65. The number of nitrogens with two attached hydrogens (primary N) is 1. The predicted molar refractivity (Wildman–Crippen MR) is 67.4 cm³/mol. The average molecular weight is 242 g/mol. The molecule has 0 aromatic carbocycles. The lowest BCUT2D eigenvalue weighted by Crippen LogP contribution is -2.40. The highest BCUT2D eigenvalue weighted by Gasteiger charge is 2.12. The van der Waals surface area contributed by atoms with Crippen molar-refractivity contribution in [1.29, 1.82) is 0 Å². The highest BCUT2D eigenvalue weighted by atomic mass is 32.1. The standard InChI is InChI=1S/C10H14N2OS2/c1-3-7-4-5-8(15-7)10(13)12-6(2)9(11)14/h4-6H,3H2,1-2H3,(H2,11,14)(H,12,13). The quantitative estimate of drug-likeness (QED) is 0.790. The second kappa shape index (κ2) is 5.23. The highest BCUT2D eigenvalue weighted by Crippen LogP contribution is 2.16. The Morgan fingerprint density at radius 1 is 1.67 bits per heavy atom. The van der Waals surface area contributed by atoms with Crippen LogP contribution in [0.15, 0.2) is 12.1 Å². The number of amides is 1. The summed E-state index contributed by atoms with van der Waals surface area (Å²) in [5.74, 6) is -0.111. The molecule has 0 saturated heterocycles. The zero-order chi connectivity index (χ0) is 11.4. The summed E-state index contributed by atoms with van der Waals surface area (Å²) in [6.45, 7) is 3.83. The Bertz CT molecular complexity index is 373. The molecular formula is C10H14N2OS2. The molecule has 5 heteroatoms. The fourth-order valence-electron chi connectivity index (χ4n) is 1.03. The number of thiophene rings is 1. The molecule has 82 valence electrons. The number of hydrogen-bond donors (Lipinski definition) is 2. The van der Waals surface area contributed by atoms with Crippen LogP contribution in [0.2, 0.25) is 0 Å². The van der Waals surface area contributed by atoms with Gasteiger partial charge in [0.1, 0.15) is 0 Å². The molecule has 1 heterocycles. The van der Waals surface area contributed by atoms with Crippen molar-refractivity contribution >= 4 is 34.5 Å². The fourth-order valence-corrected chi connectivity index (χ4v) is 1.94. The minimum atomic E-state index is -0.264. The van der Waals surface area contributed by atoms with E-state index in [4.69, 9.17) is 18.0 Å². The third-order valence-corrected chi connectivity index (χ3v) is 3.59. The monoisotopic (exact) mass is 242 g/mol. The molecule has 3 N–H and O–H groups in total. The summed E-state index contributed by atoms with van der Waals surface area (Å²) >= 11 is 6.28. The summed E-state index contributed by atoms with van der Waals surface area (Å²) in [5.41, 5.74) is 5.41. The van der Waals surface area contributed by atoms with Crippen LogP contribution in [0, 0.1) is 0 Å². The van der Waals surface area contributed by atoms with Crippen molar-refractivity contribution in [3.05, 3.63) is 21.9 Å². The first-order chi connectivity index (χ1) is 7.04. The van der Waals surface area contributed by atoms with Crippen LogP contribution in [0.1, 0.15) is 28.4 Å². The van der Waals surface area contributed by atoms with Crippen molar-refractivity contribution < 1.29 is 4.79 Å². The first kappa shape index (κ1) is 12.1. The lowest BCUT2D eigenvalue weighted by molar-refractivity contribution is 0.0953. The zero-order valence-corrected chi connectivity index (χ0v) is 10.4. The molecule has 1 aromatic rings. The van der Waals surface area contributed by atoms with Gasteiger partial charge in [-0.3, -0.25) is 4.79 Å². The summed E-state index contributed by atoms with van der Waals surface area (Å²) in [6.07, 6.45) is 0.947. The third-order valence-electron chi connectivity index (χ3n) is 2.01. The summed E-state index contributed by atoms with van der Waals surface area (Å²) in [5, 5.41) is 2.74. The van der Waals surface area contributed by atoms with Gasteiger partial charge in [0.05, 0.1) is 15.9 Å². The molecule has 1 atom stereocenters. The lowest BCUT2D eigenvalue weighted by atomic mass is 10.3. The van der Waals surface area contributed by atoms with E-state index in [1.807, 2.05) is 12.1 Å². The largest absolute Gasteiger partial charge is 0.392 e. The molecule has 15 heavy (non-hydrogen) atoms. The summed E-state index contributed by atoms with van der Waals surface area (Å²) in [7, 11) is 0. The van der Waals surface area contributed by atoms with Crippen LogP contribution in [0.25, 0.3) is 0 Å². The first-order valence-electron chi connectivity index (χ1n) is 4.73. The normalized spacial score (nSPS) is 12.1. The predicted octanol–water partition coefficient (Wildman–Crippen LogP) is 1.71. The molecular weight excluding hydrogens is 228 g/mol. The number of carbonyl (C=O) groups is 1. The van der Waals surface area contributed by atoms with Gasteiger partial charge in [-0.15, -0.1) is 11.3 Å². The number of hydrogen-bond acceptors (Lipinski definition) is 3. The molecule has 1 aromatic heterocycles. The van der Waals surface area contributed by atoms with E-state index >= 15 is 0 Å². The molecule has 0 radical (unpaired) electrons. The summed E-state index contributed by atoms with van der Waals surface area (Å²) in [6, 6.07) is 3.52. The second-order valence-electron chi connectivity index (χ2n) is 3.22. The summed E-state index contributed by atoms with van der Waals surface area (Å²) < 4.78 is 0. The molecule has 0 aliphatic heterocycles. The molecule has 0 fully saturated rings. The lowest BCUT2D eigenvalue weighted by Gasteiger charge is -2.10. The Morgan fingerprint density at radius 3 is 2.80 bits per heavy atom. The Kier molecular flexibility index (Phi) is 4.23. The van der Waals surface area contributed by atoms with Crippen LogP contribution >= 0.6 is 23.6 Å². The summed E-state index contributed by atoms with van der Waals surface area (Å²) in [4.78, 5) is 13.9. The minimum Gasteiger partial charge on any atom is -0.392 e. The molecule has 3 nitrogen and oxygen atoms in total. The van der Waals surface area contributed by atoms with Crippen molar-refractivity contribution in [3.63, 3.8) is 0 Å². The minimum absolute atomic E-state index is 0.111. The van der Waals surface area contributed by atoms with Crippen LogP contribution in [-0.4, -0.2) is 16.9 Å². The topological polar surface area (TPSA) is 55.1 Å². The van der Waals surface area contributed by atoms with E-state index in [0.717, 1.165) is 6.42 Å². The molecule has 0 saturated carbocycles. The van der Waals surface area contributed by atoms with Crippen LogP contribution in [0.5, 0.6) is 0 Å². The number of aryl methyl sites for hydroxylation is 1. The van der Waals surface area contributed by atoms with Gasteiger partial charge >= 0.3 is 0 Å². The Hall–Kier alpha value is -0.940. The van der Waals surface area contributed by atoms with E-state index in [1.54, 1.807) is 6.92 Å². The van der Waals surface area contributed by atoms with Gasteiger partial charge in [-0.2, -0.15) is 0 Å². The maximum atomic E-state index is 11.7. The van der Waals surface area contributed by atoms with Crippen molar-refractivity contribution in [2.24, 2.45) is 5.73 Å². The van der Waals surface area contributed by atoms with E-state index in [-0.39, 0.29) is 11.9 Å². The molecule has 0 bridgehead atoms. The van der Waals surface area contributed by atoms with Crippen LogP contribution in [-0.2, 0) is 6.42 Å². The van der Waals surface area contributed by atoms with Crippen LogP contribution in [0.3, 0.4) is 0 Å². The van der Waals surface area contributed by atoms with Gasteiger partial charge in [0.15, 0.2) is 0 Å². The SMILES string of the molecule is CCc1ccc(C(=O)NC(C)C(N)=S)s1. The van der Waals surface area contributed by atoms with Gasteiger partial charge in [-0.1, -0.05) is 19.1 Å². The number of carbonyl (C=O) groups excluding carboxylic acids is 1. The molecule has 1 amide bonds. The second-order valence-corrected chi connectivity index (χ2v) is 4.86. The van der Waals surface area contributed by atoms with Crippen LogP contribution < -0.4 is 11.1 Å². The molecule has 0 spiro atoms. The van der Waals surface area contributed by atoms with Gasteiger partial charge in [0.25, 0.3) is 5.91 Å². The zero-order valence-electron chi connectivity index (χ0n) is 8.74. The first-order valence-corrected chi connectivity index (χ1v) is 5.96. The molecule has 1 rings (SSSR count). The van der Waals surface area contributed by atoms with Gasteiger partial charge in [0.2, 0.25) is 0 Å². The van der Waals surface area contributed by atoms with Crippen LogP contribution in [0.4, 0.5) is 0 Å².